The number of aromatic carboxylic acids is 1. The van der Waals surface area contributed by atoms with Gasteiger partial charge in [-0.15, -0.1) is 0 Å². The first-order chi connectivity index (χ1) is 13.4. The molecule has 0 radical (unpaired) electrons. The van der Waals surface area contributed by atoms with Crippen LogP contribution in [0.5, 0.6) is 11.5 Å². The zero-order chi connectivity index (χ0) is 20.5. The lowest BCUT2D eigenvalue weighted by atomic mass is 10.1. The van der Waals surface area contributed by atoms with Crippen molar-refractivity contribution in [3.05, 3.63) is 59.2 Å². The van der Waals surface area contributed by atoms with Gasteiger partial charge in [0, 0.05) is 5.56 Å². The molecule has 146 valence electrons. The fourth-order valence-corrected chi connectivity index (χ4v) is 2.16. The van der Waals surface area contributed by atoms with Crippen LogP contribution < -0.4 is 25.3 Å². The summed E-state index contributed by atoms with van der Waals surface area (Å²) in [4.78, 5) is 34.5. The smallest absolute Gasteiger partial charge is 0.259 e. The second-order valence-corrected chi connectivity index (χ2v) is 5.46. The maximum atomic E-state index is 12.1. The number of carboxylic acids is 1. The third-order valence-corrected chi connectivity index (χ3v) is 3.60. The molecule has 0 aliphatic heterocycles. The van der Waals surface area contributed by atoms with Crippen LogP contribution in [-0.2, 0) is 4.79 Å². The van der Waals surface area contributed by atoms with Gasteiger partial charge < -0.3 is 24.7 Å². The van der Waals surface area contributed by atoms with E-state index in [0.717, 1.165) is 0 Å². The molecule has 0 heterocycles. The minimum atomic E-state index is -1.28. The summed E-state index contributed by atoms with van der Waals surface area (Å²) in [5.74, 6) is -1.39. The van der Waals surface area contributed by atoms with Gasteiger partial charge in [0.15, 0.2) is 11.5 Å². The molecule has 2 aromatic carbocycles. The number of benzene rings is 2. The Morgan fingerprint density at radius 2 is 1.64 bits per heavy atom. The van der Waals surface area contributed by atoms with E-state index >= 15 is 0 Å². The van der Waals surface area contributed by atoms with Crippen molar-refractivity contribution in [2.24, 2.45) is 5.10 Å². The topological polar surface area (TPSA) is 129 Å². The summed E-state index contributed by atoms with van der Waals surface area (Å²) in [7, 11) is 2.94. The summed E-state index contributed by atoms with van der Waals surface area (Å²) in [6, 6.07) is 10.4. The van der Waals surface area contributed by atoms with Crippen LogP contribution in [-0.4, -0.2) is 44.8 Å². The number of rotatable bonds is 8. The Hall–Kier alpha value is -3.88. The van der Waals surface area contributed by atoms with Gasteiger partial charge in [-0.25, -0.2) is 5.43 Å². The number of hydrogen-bond donors (Lipinski definition) is 2. The Balaban J connectivity index is 1.84. The average molecular weight is 384 g/mol. The van der Waals surface area contributed by atoms with Gasteiger partial charge in [0.1, 0.15) is 0 Å². The summed E-state index contributed by atoms with van der Waals surface area (Å²) in [6.07, 6.45) is 1.34. The van der Waals surface area contributed by atoms with E-state index in [-0.39, 0.29) is 12.1 Å². The van der Waals surface area contributed by atoms with Gasteiger partial charge in [-0.05, 0) is 29.3 Å². The van der Waals surface area contributed by atoms with E-state index in [0.29, 0.717) is 22.6 Å². The van der Waals surface area contributed by atoms with Gasteiger partial charge in [0.25, 0.3) is 11.8 Å². The van der Waals surface area contributed by atoms with Gasteiger partial charge in [-0.1, -0.05) is 24.3 Å². The highest BCUT2D eigenvalue weighted by Gasteiger charge is 2.11. The van der Waals surface area contributed by atoms with E-state index in [1.807, 2.05) is 0 Å². The Labute approximate surface area is 161 Å². The Morgan fingerprint density at radius 3 is 2.25 bits per heavy atom. The molecule has 0 fully saturated rings. The van der Waals surface area contributed by atoms with Crippen molar-refractivity contribution >= 4 is 24.0 Å². The van der Waals surface area contributed by atoms with E-state index in [1.165, 1.54) is 50.8 Å². The molecule has 2 amide bonds. The van der Waals surface area contributed by atoms with Gasteiger partial charge >= 0.3 is 0 Å². The highest BCUT2D eigenvalue weighted by molar-refractivity contribution is 5.97. The first-order valence-electron chi connectivity index (χ1n) is 8.08. The summed E-state index contributed by atoms with van der Waals surface area (Å²) in [5, 5.41) is 16.9. The highest BCUT2D eigenvalue weighted by Crippen LogP contribution is 2.27. The van der Waals surface area contributed by atoms with Crippen LogP contribution in [0.3, 0.4) is 0 Å². The minimum absolute atomic E-state index is 0.0408. The molecule has 0 aliphatic rings. The van der Waals surface area contributed by atoms with Gasteiger partial charge in [-0.2, -0.15) is 5.10 Å². The Bertz CT molecular complexity index is 893. The fraction of sp³-hybridized carbons (Fsp3) is 0.158. The molecular weight excluding hydrogens is 366 g/mol. The van der Waals surface area contributed by atoms with Crippen LogP contribution in [0.1, 0.15) is 26.3 Å². The van der Waals surface area contributed by atoms with E-state index in [2.05, 4.69) is 15.8 Å². The second kappa shape index (κ2) is 9.72. The third-order valence-electron chi connectivity index (χ3n) is 3.60. The number of methoxy groups -OCH3 is 2. The number of hydrazone groups is 1. The summed E-state index contributed by atoms with van der Waals surface area (Å²) >= 11 is 0. The lowest BCUT2D eigenvalue weighted by Crippen LogP contribution is -2.34. The number of amides is 2. The van der Waals surface area contributed by atoms with Crippen molar-refractivity contribution in [1.29, 1.82) is 0 Å². The molecule has 0 unspecified atom stereocenters. The molecule has 0 aliphatic carbocycles. The number of carbonyl (C=O) groups excluding carboxylic acids is 3. The molecule has 2 N–H and O–H groups in total. The number of nitrogens with zero attached hydrogens (tertiary/aromatic N) is 1. The number of carboxylic acid groups (broad SMARTS) is 1. The van der Waals surface area contributed by atoms with Crippen LogP contribution in [0.25, 0.3) is 0 Å². The summed E-state index contributed by atoms with van der Waals surface area (Å²) < 4.78 is 10.2. The standard InChI is InChI=1S/C19H19N3O6/c1-27-15-8-7-14(9-16(15)28-2)18(24)20-11-17(23)22-21-10-12-3-5-13(6-4-12)19(25)26/h3-10H,11H2,1-2H3,(H,20,24)(H,22,23)(H,25,26)/p-1. The van der Waals surface area contributed by atoms with Crippen LogP contribution in [0.15, 0.2) is 47.6 Å². The van der Waals surface area contributed by atoms with E-state index in [4.69, 9.17) is 9.47 Å². The number of hydrogen-bond acceptors (Lipinski definition) is 7. The SMILES string of the molecule is COc1ccc(C(=O)NCC(=O)NN=Cc2ccc(C(=O)[O-])cc2)cc1OC. The molecular formula is C19H18N3O6-. The minimum Gasteiger partial charge on any atom is -0.545 e. The highest BCUT2D eigenvalue weighted by atomic mass is 16.5. The van der Waals surface area contributed by atoms with Crippen molar-refractivity contribution in [2.45, 2.75) is 0 Å². The van der Waals surface area contributed by atoms with Crippen LogP contribution >= 0.6 is 0 Å². The maximum absolute atomic E-state index is 12.1. The lowest BCUT2D eigenvalue weighted by molar-refractivity contribution is -0.255. The fourth-order valence-electron chi connectivity index (χ4n) is 2.16. The molecule has 28 heavy (non-hydrogen) atoms. The molecule has 0 spiro atoms. The average Bonchev–Trinajstić information content (AvgIpc) is 2.71. The number of ether oxygens (including phenoxy) is 2. The van der Waals surface area contributed by atoms with Crippen molar-refractivity contribution < 1.29 is 29.0 Å². The quantitative estimate of drug-likeness (QED) is 0.485. The van der Waals surface area contributed by atoms with E-state index < -0.39 is 17.8 Å². The number of carbonyl (C=O) groups is 3. The number of nitrogens with one attached hydrogen (secondary N) is 2. The first-order valence-corrected chi connectivity index (χ1v) is 8.08. The third kappa shape index (κ3) is 5.56. The normalized spacial score (nSPS) is 10.4. The maximum Gasteiger partial charge on any atom is 0.259 e. The van der Waals surface area contributed by atoms with Crippen molar-refractivity contribution in [3.63, 3.8) is 0 Å². The van der Waals surface area contributed by atoms with Crippen molar-refractivity contribution in [3.8, 4) is 11.5 Å². The van der Waals surface area contributed by atoms with Crippen LogP contribution in [0.4, 0.5) is 0 Å². The van der Waals surface area contributed by atoms with E-state index in [1.54, 1.807) is 12.1 Å². The van der Waals surface area contributed by atoms with Crippen LogP contribution in [0, 0.1) is 0 Å². The molecule has 0 bridgehead atoms. The molecule has 9 nitrogen and oxygen atoms in total. The molecule has 0 atom stereocenters. The van der Waals surface area contributed by atoms with Gasteiger partial charge in [0.05, 0.1) is 32.9 Å². The zero-order valence-electron chi connectivity index (χ0n) is 15.2. The molecule has 0 saturated carbocycles. The first kappa shape index (κ1) is 20.4. The Morgan fingerprint density at radius 1 is 1.00 bits per heavy atom. The second-order valence-electron chi connectivity index (χ2n) is 5.46. The van der Waals surface area contributed by atoms with Crippen molar-refractivity contribution in [1.82, 2.24) is 10.7 Å². The van der Waals surface area contributed by atoms with Gasteiger partial charge in [0.2, 0.25) is 0 Å². The molecule has 0 aromatic heterocycles. The van der Waals surface area contributed by atoms with Crippen molar-refractivity contribution in [2.75, 3.05) is 20.8 Å². The molecule has 0 saturated heterocycles. The summed E-state index contributed by atoms with van der Waals surface area (Å²) in [6.45, 7) is -0.284. The predicted octanol–water partition coefficient (Wildman–Crippen LogP) is -0.0526. The van der Waals surface area contributed by atoms with E-state index in [9.17, 15) is 19.5 Å². The molecule has 2 rings (SSSR count). The summed E-state index contributed by atoms with van der Waals surface area (Å²) in [5.41, 5.74) is 3.19. The monoisotopic (exact) mass is 384 g/mol. The van der Waals surface area contributed by atoms with Crippen LogP contribution in [0.2, 0.25) is 0 Å². The lowest BCUT2D eigenvalue weighted by Gasteiger charge is -2.09. The predicted molar refractivity (Wildman–Crippen MR) is 98.4 cm³/mol. The zero-order valence-corrected chi connectivity index (χ0v) is 15.2. The molecule has 2 aromatic rings. The largest absolute Gasteiger partial charge is 0.545 e. The van der Waals surface area contributed by atoms with Gasteiger partial charge in [-0.3, -0.25) is 9.59 Å². The molecule has 9 heteroatoms. The Kier molecular flexibility index (Phi) is 7.09.